The molecule has 0 aliphatic carbocycles. The van der Waals surface area contributed by atoms with Gasteiger partial charge in [0.15, 0.2) is 6.04 Å². The lowest BCUT2D eigenvalue weighted by Crippen LogP contribution is -2.39. The second kappa shape index (κ2) is 7.97. The highest BCUT2D eigenvalue weighted by Gasteiger charge is 2.23. The highest BCUT2D eigenvalue weighted by Crippen LogP contribution is 2.17. The van der Waals surface area contributed by atoms with Crippen LogP contribution in [-0.2, 0) is 14.4 Å². The Morgan fingerprint density at radius 1 is 1.17 bits per heavy atom. The Balaban J connectivity index is 2.57. The maximum absolute atomic E-state index is 11.9. The second-order valence-corrected chi connectivity index (χ2v) is 6.58. The van der Waals surface area contributed by atoms with E-state index in [4.69, 9.17) is 11.6 Å². The third-order valence-electron chi connectivity index (χ3n) is 3.07. The molecule has 0 radical (unpaired) electrons. The lowest BCUT2D eigenvalue weighted by atomic mass is 9.96. The number of rotatable bonds is 6. The van der Waals surface area contributed by atoms with Gasteiger partial charge in [-0.3, -0.25) is 9.59 Å². The van der Waals surface area contributed by atoms with E-state index >= 15 is 0 Å². The monoisotopic (exact) mass is 340 g/mol. The first-order valence-electron chi connectivity index (χ1n) is 7.17. The topological polar surface area (TPSA) is 95.5 Å². The molecule has 2 amide bonds. The van der Waals surface area contributed by atoms with Crippen molar-refractivity contribution in [2.75, 3.05) is 6.54 Å². The number of hydrogen-bond donors (Lipinski definition) is 3. The number of nitrogens with one attached hydrogen (secondary N) is 2. The molecular weight excluding hydrogens is 320 g/mol. The molecule has 0 spiro atoms. The van der Waals surface area contributed by atoms with E-state index in [1.54, 1.807) is 45.0 Å². The molecule has 0 aliphatic rings. The lowest BCUT2D eigenvalue weighted by molar-refractivity contribution is -0.142. The van der Waals surface area contributed by atoms with Crippen molar-refractivity contribution in [1.29, 1.82) is 0 Å². The highest BCUT2D eigenvalue weighted by molar-refractivity contribution is 6.30. The van der Waals surface area contributed by atoms with E-state index in [1.165, 1.54) is 0 Å². The van der Waals surface area contributed by atoms with E-state index in [0.29, 0.717) is 10.6 Å². The first kappa shape index (κ1) is 19.0. The van der Waals surface area contributed by atoms with Gasteiger partial charge in [0.05, 0.1) is 0 Å². The minimum Gasteiger partial charge on any atom is -0.479 e. The van der Waals surface area contributed by atoms with E-state index in [9.17, 15) is 19.5 Å². The zero-order chi connectivity index (χ0) is 17.6. The average molecular weight is 341 g/mol. The summed E-state index contributed by atoms with van der Waals surface area (Å²) in [6.07, 6.45) is -0.000804. The Morgan fingerprint density at radius 2 is 1.74 bits per heavy atom. The van der Waals surface area contributed by atoms with E-state index in [1.807, 2.05) is 0 Å². The SMILES string of the molecule is CC(C)(C)C(=O)NCCC(=O)NC(C(=O)O)c1ccc(Cl)cc1. The standard InChI is InChI=1S/C16H21ClN2O4/c1-16(2,3)15(23)18-9-8-12(20)19-13(14(21)22)10-4-6-11(17)7-5-10/h4-7,13H,8-9H2,1-3H3,(H,18,23)(H,19,20)(H,21,22). The van der Waals surface area contributed by atoms with Crippen LogP contribution in [0.2, 0.25) is 5.02 Å². The first-order chi connectivity index (χ1) is 10.6. The molecule has 0 fully saturated rings. The molecule has 6 nitrogen and oxygen atoms in total. The molecule has 0 heterocycles. The number of hydrogen-bond acceptors (Lipinski definition) is 3. The van der Waals surface area contributed by atoms with E-state index < -0.39 is 23.3 Å². The van der Waals surface area contributed by atoms with E-state index in [2.05, 4.69) is 10.6 Å². The van der Waals surface area contributed by atoms with Crippen molar-refractivity contribution in [2.45, 2.75) is 33.2 Å². The number of carbonyl (C=O) groups is 3. The number of carbonyl (C=O) groups excluding carboxylic acids is 2. The number of carboxylic acids is 1. The molecule has 0 bridgehead atoms. The summed E-state index contributed by atoms with van der Waals surface area (Å²) >= 11 is 5.76. The molecule has 126 valence electrons. The maximum Gasteiger partial charge on any atom is 0.330 e. The molecule has 1 aromatic rings. The zero-order valence-electron chi connectivity index (χ0n) is 13.4. The highest BCUT2D eigenvalue weighted by atomic mass is 35.5. The molecule has 1 rings (SSSR count). The second-order valence-electron chi connectivity index (χ2n) is 6.15. The summed E-state index contributed by atoms with van der Waals surface area (Å²) in [6, 6.07) is 5.05. The molecule has 7 heteroatoms. The van der Waals surface area contributed by atoms with Crippen LogP contribution in [0.25, 0.3) is 0 Å². The smallest absolute Gasteiger partial charge is 0.330 e. The zero-order valence-corrected chi connectivity index (χ0v) is 14.1. The Kier molecular flexibility index (Phi) is 6.57. The largest absolute Gasteiger partial charge is 0.479 e. The molecule has 0 aromatic heterocycles. The minimum atomic E-state index is -1.17. The average Bonchev–Trinajstić information content (AvgIpc) is 2.44. The number of carboxylic acid groups (broad SMARTS) is 1. The van der Waals surface area contributed by atoms with Crippen molar-refractivity contribution >= 4 is 29.4 Å². The Morgan fingerprint density at radius 3 is 2.22 bits per heavy atom. The van der Waals surface area contributed by atoms with Crippen LogP contribution in [0.15, 0.2) is 24.3 Å². The van der Waals surface area contributed by atoms with Crippen molar-refractivity contribution in [2.24, 2.45) is 5.41 Å². The minimum absolute atomic E-state index is 0.000804. The summed E-state index contributed by atoms with van der Waals surface area (Å²) in [5, 5.41) is 14.8. The molecule has 0 saturated heterocycles. The van der Waals surface area contributed by atoms with Crippen LogP contribution < -0.4 is 10.6 Å². The van der Waals surface area contributed by atoms with Crippen molar-refractivity contribution < 1.29 is 19.5 Å². The first-order valence-corrected chi connectivity index (χ1v) is 7.55. The van der Waals surface area contributed by atoms with Gasteiger partial charge in [-0.1, -0.05) is 44.5 Å². The molecule has 1 unspecified atom stereocenters. The third kappa shape index (κ3) is 6.28. The Hall–Kier alpha value is -2.08. The summed E-state index contributed by atoms with van der Waals surface area (Å²) in [5.74, 6) is -1.79. The predicted octanol–water partition coefficient (Wildman–Crippen LogP) is 2.13. The van der Waals surface area contributed by atoms with Gasteiger partial charge < -0.3 is 15.7 Å². The van der Waals surface area contributed by atoms with Crippen LogP contribution in [0, 0.1) is 5.41 Å². The van der Waals surface area contributed by atoms with Gasteiger partial charge in [-0.25, -0.2) is 4.79 Å². The quantitative estimate of drug-likeness (QED) is 0.739. The van der Waals surface area contributed by atoms with Gasteiger partial charge in [-0.05, 0) is 17.7 Å². The maximum atomic E-state index is 11.9. The van der Waals surface area contributed by atoms with Crippen LogP contribution in [0.3, 0.4) is 0 Å². The van der Waals surface area contributed by atoms with Gasteiger partial charge in [-0.15, -0.1) is 0 Å². The number of benzene rings is 1. The van der Waals surface area contributed by atoms with Crippen molar-refractivity contribution in [1.82, 2.24) is 10.6 Å². The Bertz CT molecular complexity index is 579. The fraction of sp³-hybridized carbons (Fsp3) is 0.438. The summed E-state index contributed by atoms with van der Waals surface area (Å²) in [4.78, 5) is 34.9. The fourth-order valence-corrected chi connectivity index (χ4v) is 1.86. The normalized spacial score (nSPS) is 12.3. The molecule has 1 atom stereocenters. The van der Waals surface area contributed by atoms with Gasteiger partial charge in [0.2, 0.25) is 11.8 Å². The van der Waals surface area contributed by atoms with Crippen LogP contribution in [0.4, 0.5) is 0 Å². The molecular formula is C16H21ClN2O4. The van der Waals surface area contributed by atoms with Crippen LogP contribution >= 0.6 is 11.6 Å². The predicted molar refractivity (Wildman–Crippen MR) is 87.1 cm³/mol. The van der Waals surface area contributed by atoms with Gasteiger partial charge in [0.1, 0.15) is 0 Å². The van der Waals surface area contributed by atoms with Crippen molar-refractivity contribution in [3.05, 3.63) is 34.9 Å². The molecule has 0 aliphatic heterocycles. The molecule has 1 aromatic carbocycles. The fourth-order valence-electron chi connectivity index (χ4n) is 1.73. The van der Waals surface area contributed by atoms with Gasteiger partial charge in [-0.2, -0.15) is 0 Å². The van der Waals surface area contributed by atoms with Crippen LogP contribution in [0.1, 0.15) is 38.8 Å². The van der Waals surface area contributed by atoms with Gasteiger partial charge >= 0.3 is 5.97 Å². The summed E-state index contributed by atoms with van der Waals surface area (Å²) in [5.41, 5.74) is -0.113. The van der Waals surface area contributed by atoms with Crippen molar-refractivity contribution in [3.8, 4) is 0 Å². The summed E-state index contributed by atoms with van der Waals surface area (Å²) < 4.78 is 0. The molecule has 3 N–H and O–H groups in total. The molecule has 23 heavy (non-hydrogen) atoms. The van der Waals surface area contributed by atoms with Crippen molar-refractivity contribution in [3.63, 3.8) is 0 Å². The number of halogens is 1. The number of amides is 2. The number of aliphatic carboxylic acids is 1. The van der Waals surface area contributed by atoms with Gasteiger partial charge in [0.25, 0.3) is 0 Å². The third-order valence-corrected chi connectivity index (χ3v) is 3.33. The van der Waals surface area contributed by atoms with Crippen LogP contribution in [-0.4, -0.2) is 29.4 Å². The van der Waals surface area contributed by atoms with E-state index in [-0.39, 0.29) is 18.9 Å². The van der Waals surface area contributed by atoms with E-state index in [0.717, 1.165) is 0 Å². The summed E-state index contributed by atoms with van der Waals surface area (Å²) in [7, 11) is 0. The summed E-state index contributed by atoms with van der Waals surface area (Å²) in [6.45, 7) is 5.45. The molecule has 0 saturated carbocycles. The van der Waals surface area contributed by atoms with Crippen LogP contribution in [0.5, 0.6) is 0 Å². The Labute approximate surface area is 140 Å². The van der Waals surface area contributed by atoms with Gasteiger partial charge in [0, 0.05) is 23.4 Å². The lowest BCUT2D eigenvalue weighted by Gasteiger charge is -2.18.